The van der Waals surface area contributed by atoms with E-state index < -0.39 is 0 Å². The van der Waals surface area contributed by atoms with Crippen LogP contribution in [0.2, 0.25) is 0 Å². The molecule has 0 aromatic heterocycles. The maximum atomic E-state index is 5.46. The second-order valence-electron chi connectivity index (χ2n) is 4.82. The van der Waals surface area contributed by atoms with Gasteiger partial charge in [0.15, 0.2) is 0 Å². The molecule has 2 aromatic rings. The number of methoxy groups -OCH3 is 1. The van der Waals surface area contributed by atoms with E-state index in [0.717, 1.165) is 25.1 Å². The van der Waals surface area contributed by atoms with Gasteiger partial charge in [-0.3, -0.25) is 0 Å². The highest BCUT2D eigenvalue weighted by Gasteiger charge is 2.13. The van der Waals surface area contributed by atoms with Crippen LogP contribution in [-0.2, 0) is 0 Å². The lowest BCUT2D eigenvalue weighted by Crippen LogP contribution is -2.21. The number of benzene rings is 2. The number of fused-ring (bicyclic) bond motifs is 1. The fourth-order valence-electron chi connectivity index (χ4n) is 2.57. The second kappa shape index (κ2) is 6.58. The maximum absolute atomic E-state index is 5.46. The van der Waals surface area contributed by atoms with Gasteiger partial charge in [-0.15, -0.1) is 0 Å². The SMILES string of the molecule is CCCNC(CC)c1ccc(OC)c2ccccc12. The van der Waals surface area contributed by atoms with E-state index in [1.54, 1.807) is 7.11 Å². The van der Waals surface area contributed by atoms with Crippen LogP contribution in [0.15, 0.2) is 36.4 Å². The minimum Gasteiger partial charge on any atom is -0.496 e. The molecule has 0 amide bonds. The van der Waals surface area contributed by atoms with Crippen molar-refractivity contribution < 1.29 is 4.74 Å². The van der Waals surface area contributed by atoms with Crippen molar-refractivity contribution in [1.82, 2.24) is 5.32 Å². The summed E-state index contributed by atoms with van der Waals surface area (Å²) in [5, 5.41) is 6.11. The first-order valence-corrected chi connectivity index (χ1v) is 7.10. The van der Waals surface area contributed by atoms with Gasteiger partial charge in [-0.1, -0.05) is 44.2 Å². The Balaban J connectivity index is 2.48. The van der Waals surface area contributed by atoms with Gasteiger partial charge in [-0.05, 0) is 36.4 Å². The van der Waals surface area contributed by atoms with Gasteiger partial charge in [0.25, 0.3) is 0 Å². The highest BCUT2D eigenvalue weighted by atomic mass is 16.5. The summed E-state index contributed by atoms with van der Waals surface area (Å²) < 4.78 is 5.46. The molecule has 0 saturated heterocycles. The first kappa shape index (κ1) is 13.9. The molecule has 0 bridgehead atoms. The van der Waals surface area contributed by atoms with Crippen molar-refractivity contribution in [2.45, 2.75) is 32.7 Å². The molecule has 1 atom stereocenters. The van der Waals surface area contributed by atoms with E-state index in [-0.39, 0.29) is 0 Å². The minimum atomic E-state index is 0.413. The zero-order chi connectivity index (χ0) is 13.7. The Morgan fingerprint density at radius 1 is 1.05 bits per heavy atom. The largest absolute Gasteiger partial charge is 0.496 e. The second-order valence-corrected chi connectivity index (χ2v) is 4.82. The third-order valence-electron chi connectivity index (χ3n) is 3.56. The Kier molecular flexibility index (Phi) is 4.80. The van der Waals surface area contributed by atoms with Crippen LogP contribution in [0.5, 0.6) is 5.75 Å². The van der Waals surface area contributed by atoms with E-state index in [4.69, 9.17) is 4.74 Å². The summed E-state index contributed by atoms with van der Waals surface area (Å²) in [6.07, 6.45) is 2.25. The fraction of sp³-hybridized carbons (Fsp3) is 0.412. The number of nitrogens with one attached hydrogen (secondary N) is 1. The molecule has 0 aliphatic rings. The summed E-state index contributed by atoms with van der Waals surface area (Å²) >= 11 is 0. The molecule has 0 saturated carbocycles. The molecular weight excluding hydrogens is 234 g/mol. The first-order chi connectivity index (χ1) is 9.31. The predicted molar refractivity (Wildman–Crippen MR) is 81.8 cm³/mol. The Labute approximate surface area is 115 Å². The third-order valence-corrected chi connectivity index (χ3v) is 3.56. The van der Waals surface area contributed by atoms with Gasteiger partial charge in [0.1, 0.15) is 5.75 Å². The van der Waals surface area contributed by atoms with Crippen molar-refractivity contribution in [2.75, 3.05) is 13.7 Å². The summed E-state index contributed by atoms with van der Waals surface area (Å²) in [7, 11) is 1.73. The summed E-state index contributed by atoms with van der Waals surface area (Å²) in [5.41, 5.74) is 1.37. The van der Waals surface area contributed by atoms with Crippen molar-refractivity contribution in [2.24, 2.45) is 0 Å². The zero-order valence-corrected chi connectivity index (χ0v) is 12.1. The molecule has 2 aromatic carbocycles. The molecular formula is C17H23NO. The summed E-state index contributed by atoms with van der Waals surface area (Å²) in [6.45, 7) is 5.48. The van der Waals surface area contributed by atoms with Crippen LogP contribution < -0.4 is 10.1 Å². The molecule has 2 rings (SSSR count). The Bertz CT molecular complexity index is 536. The highest BCUT2D eigenvalue weighted by molar-refractivity contribution is 5.91. The topological polar surface area (TPSA) is 21.3 Å². The van der Waals surface area contributed by atoms with E-state index in [1.807, 2.05) is 0 Å². The molecule has 0 aliphatic carbocycles. The number of rotatable bonds is 6. The molecule has 2 heteroatoms. The Hall–Kier alpha value is -1.54. The van der Waals surface area contributed by atoms with E-state index in [1.165, 1.54) is 16.3 Å². The minimum absolute atomic E-state index is 0.413. The molecule has 0 fully saturated rings. The van der Waals surface area contributed by atoms with Crippen LogP contribution in [0.4, 0.5) is 0 Å². The Morgan fingerprint density at radius 3 is 2.42 bits per heavy atom. The van der Waals surface area contributed by atoms with Crippen molar-refractivity contribution >= 4 is 10.8 Å². The van der Waals surface area contributed by atoms with Crippen molar-refractivity contribution in [3.05, 3.63) is 42.0 Å². The van der Waals surface area contributed by atoms with E-state index in [2.05, 4.69) is 55.6 Å². The van der Waals surface area contributed by atoms with Gasteiger partial charge in [-0.25, -0.2) is 0 Å². The third kappa shape index (κ3) is 2.90. The summed E-state index contributed by atoms with van der Waals surface area (Å²) in [6, 6.07) is 13.2. The first-order valence-electron chi connectivity index (χ1n) is 7.10. The molecule has 0 spiro atoms. The molecule has 1 N–H and O–H groups in total. The van der Waals surface area contributed by atoms with Gasteiger partial charge < -0.3 is 10.1 Å². The quantitative estimate of drug-likeness (QED) is 0.833. The van der Waals surface area contributed by atoms with Crippen molar-refractivity contribution in [3.8, 4) is 5.75 Å². The lowest BCUT2D eigenvalue weighted by atomic mass is 9.96. The van der Waals surface area contributed by atoms with Crippen molar-refractivity contribution in [3.63, 3.8) is 0 Å². The van der Waals surface area contributed by atoms with E-state index >= 15 is 0 Å². The van der Waals surface area contributed by atoms with Gasteiger partial charge in [-0.2, -0.15) is 0 Å². The predicted octanol–water partition coefficient (Wildman–Crippen LogP) is 4.30. The Morgan fingerprint density at radius 2 is 1.79 bits per heavy atom. The van der Waals surface area contributed by atoms with Gasteiger partial charge in [0, 0.05) is 11.4 Å². The molecule has 102 valence electrons. The lowest BCUT2D eigenvalue weighted by Gasteiger charge is -2.20. The standard InChI is InChI=1S/C17H23NO/c1-4-12-18-16(5-2)14-10-11-17(19-3)15-9-7-6-8-13(14)15/h6-11,16,18H,4-5,12H2,1-3H3. The zero-order valence-electron chi connectivity index (χ0n) is 12.1. The van der Waals surface area contributed by atoms with E-state index in [0.29, 0.717) is 6.04 Å². The van der Waals surface area contributed by atoms with Crippen LogP contribution >= 0.6 is 0 Å². The fourth-order valence-corrected chi connectivity index (χ4v) is 2.57. The normalized spacial score (nSPS) is 12.6. The molecule has 0 radical (unpaired) electrons. The summed E-state index contributed by atoms with van der Waals surface area (Å²) in [5.74, 6) is 0.949. The monoisotopic (exact) mass is 257 g/mol. The van der Waals surface area contributed by atoms with Gasteiger partial charge >= 0.3 is 0 Å². The lowest BCUT2D eigenvalue weighted by molar-refractivity contribution is 0.419. The molecule has 0 aliphatic heterocycles. The molecule has 0 heterocycles. The van der Waals surface area contributed by atoms with Crippen LogP contribution in [0.25, 0.3) is 10.8 Å². The van der Waals surface area contributed by atoms with Crippen molar-refractivity contribution in [1.29, 1.82) is 0 Å². The average Bonchev–Trinajstić information content (AvgIpc) is 2.48. The summed E-state index contributed by atoms with van der Waals surface area (Å²) in [4.78, 5) is 0. The molecule has 19 heavy (non-hydrogen) atoms. The number of hydrogen-bond donors (Lipinski definition) is 1. The van der Waals surface area contributed by atoms with E-state index in [9.17, 15) is 0 Å². The molecule has 1 unspecified atom stereocenters. The van der Waals surface area contributed by atoms with Gasteiger partial charge in [0.05, 0.1) is 7.11 Å². The van der Waals surface area contributed by atoms with Crippen LogP contribution in [0.1, 0.15) is 38.3 Å². The smallest absolute Gasteiger partial charge is 0.126 e. The number of hydrogen-bond acceptors (Lipinski definition) is 2. The highest BCUT2D eigenvalue weighted by Crippen LogP contribution is 2.32. The van der Waals surface area contributed by atoms with Crippen LogP contribution in [0.3, 0.4) is 0 Å². The average molecular weight is 257 g/mol. The maximum Gasteiger partial charge on any atom is 0.126 e. The molecule has 2 nitrogen and oxygen atoms in total. The van der Waals surface area contributed by atoms with Crippen LogP contribution in [-0.4, -0.2) is 13.7 Å². The van der Waals surface area contributed by atoms with Gasteiger partial charge in [0.2, 0.25) is 0 Å². The van der Waals surface area contributed by atoms with Crippen LogP contribution in [0, 0.1) is 0 Å². The number of ether oxygens (including phenoxy) is 1.